The van der Waals surface area contributed by atoms with Crippen molar-refractivity contribution in [1.82, 2.24) is 4.98 Å². The maximum Gasteiger partial charge on any atom is 0.224 e. The van der Waals surface area contributed by atoms with Crippen molar-refractivity contribution in [3.8, 4) is 16.3 Å². The normalized spacial score (nSPS) is 11.0. The van der Waals surface area contributed by atoms with Gasteiger partial charge < -0.3 is 10.1 Å². The van der Waals surface area contributed by atoms with E-state index in [-0.39, 0.29) is 5.91 Å². The first-order chi connectivity index (χ1) is 11.6. The second kappa shape index (κ2) is 7.01. The van der Waals surface area contributed by atoms with Gasteiger partial charge in [-0.3, -0.25) is 4.79 Å². The van der Waals surface area contributed by atoms with Gasteiger partial charge in [-0.15, -0.1) is 11.3 Å². The molecule has 1 aromatic heterocycles. The van der Waals surface area contributed by atoms with Crippen LogP contribution in [-0.2, 0) is 4.79 Å². The number of carbonyl (C=O) groups is 1. The minimum Gasteiger partial charge on any atom is -0.495 e. The molecule has 3 aromatic rings. The standard InChI is InChI=1S/C19H20N2O2S/c1-12(2)10-18(22)20-15-11-13(8-9-16(15)23-3)19-21-14-6-4-5-7-17(14)24-19/h4-9,11-12H,10H2,1-3H3,(H,20,22). The van der Waals surface area contributed by atoms with Crippen molar-refractivity contribution in [3.05, 3.63) is 42.5 Å². The van der Waals surface area contributed by atoms with Gasteiger partial charge in [-0.1, -0.05) is 26.0 Å². The van der Waals surface area contributed by atoms with E-state index in [2.05, 4.69) is 16.4 Å². The molecular weight excluding hydrogens is 320 g/mol. The van der Waals surface area contributed by atoms with E-state index < -0.39 is 0 Å². The number of hydrogen-bond donors (Lipinski definition) is 1. The second-order valence-corrected chi connectivity index (χ2v) is 7.08. The molecule has 0 unspecified atom stereocenters. The van der Waals surface area contributed by atoms with Crippen LogP contribution in [0.2, 0.25) is 0 Å². The number of rotatable bonds is 5. The highest BCUT2D eigenvalue weighted by molar-refractivity contribution is 7.21. The van der Waals surface area contributed by atoms with E-state index in [0.717, 1.165) is 20.8 Å². The molecular formula is C19H20N2O2S. The van der Waals surface area contributed by atoms with E-state index in [9.17, 15) is 4.79 Å². The number of hydrogen-bond acceptors (Lipinski definition) is 4. The Labute approximate surface area is 145 Å². The minimum atomic E-state index is -0.00949. The molecule has 0 aliphatic rings. The lowest BCUT2D eigenvalue weighted by Crippen LogP contribution is -2.14. The average Bonchev–Trinajstić information content (AvgIpc) is 2.98. The molecule has 0 fully saturated rings. The van der Waals surface area contributed by atoms with Crippen molar-refractivity contribution in [2.45, 2.75) is 20.3 Å². The number of aromatic nitrogens is 1. The molecule has 0 aliphatic carbocycles. The topological polar surface area (TPSA) is 51.2 Å². The number of ether oxygens (including phenoxy) is 1. The molecule has 1 N–H and O–H groups in total. The van der Waals surface area contributed by atoms with Gasteiger partial charge in [-0.25, -0.2) is 4.98 Å². The van der Waals surface area contributed by atoms with E-state index in [0.29, 0.717) is 23.8 Å². The molecule has 0 radical (unpaired) electrons. The molecule has 1 amide bonds. The van der Waals surface area contributed by atoms with Gasteiger partial charge in [0.2, 0.25) is 5.91 Å². The summed E-state index contributed by atoms with van der Waals surface area (Å²) in [5.41, 5.74) is 2.63. The van der Waals surface area contributed by atoms with E-state index in [1.54, 1.807) is 18.4 Å². The van der Waals surface area contributed by atoms with Gasteiger partial charge in [0.1, 0.15) is 10.8 Å². The molecule has 0 saturated heterocycles. The first-order valence-electron chi connectivity index (χ1n) is 7.90. The van der Waals surface area contributed by atoms with E-state index in [1.807, 2.05) is 50.2 Å². The van der Waals surface area contributed by atoms with Crippen LogP contribution in [0.25, 0.3) is 20.8 Å². The Morgan fingerprint density at radius 3 is 2.75 bits per heavy atom. The molecule has 0 bridgehead atoms. The number of methoxy groups -OCH3 is 1. The number of anilines is 1. The number of amides is 1. The lowest BCUT2D eigenvalue weighted by molar-refractivity contribution is -0.116. The summed E-state index contributed by atoms with van der Waals surface area (Å²) in [5, 5.41) is 3.88. The van der Waals surface area contributed by atoms with Gasteiger partial charge in [-0.05, 0) is 36.2 Å². The summed E-state index contributed by atoms with van der Waals surface area (Å²) >= 11 is 1.64. The number of thiazole rings is 1. The highest BCUT2D eigenvalue weighted by Crippen LogP contribution is 2.34. The van der Waals surface area contributed by atoms with E-state index in [1.165, 1.54) is 0 Å². The molecule has 124 valence electrons. The number of carbonyl (C=O) groups excluding carboxylic acids is 1. The third-order valence-electron chi connectivity index (χ3n) is 3.61. The lowest BCUT2D eigenvalue weighted by atomic mass is 10.1. The van der Waals surface area contributed by atoms with Crippen LogP contribution in [-0.4, -0.2) is 18.0 Å². The van der Waals surface area contributed by atoms with Crippen molar-refractivity contribution >= 4 is 33.1 Å². The van der Waals surface area contributed by atoms with E-state index in [4.69, 9.17) is 4.74 Å². The monoisotopic (exact) mass is 340 g/mol. The van der Waals surface area contributed by atoms with Crippen LogP contribution in [0.5, 0.6) is 5.75 Å². The zero-order valence-corrected chi connectivity index (χ0v) is 14.8. The van der Waals surface area contributed by atoms with Crippen LogP contribution in [0.15, 0.2) is 42.5 Å². The Morgan fingerprint density at radius 2 is 2.04 bits per heavy atom. The average molecular weight is 340 g/mol. The fraction of sp³-hybridized carbons (Fsp3) is 0.263. The van der Waals surface area contributed by atoms with Crippen LogP contribution in [0.1, 0.15) is 20.3 Å². The maximum absolute atomic E-state index is 12.1. The molecule has 0 spiro atoms. The second-order valence-electron chi connectivity index (χ2n) is 6.05. The van der Waals surface area contributed by atoms with Crippen LogP contribution < -0.4 is 10.1 Å². The number of nitrogens with zero attached hydrogens (tertiary/aromatic N) is 1. The summed E-state index contributed by atoms with van der Waals surface area (Å²) in [6.07, 6.45) is 0.481. The molecule has 1 heterocycles. The molecule has 5 heteroatoms. The van der Waals surface area contributed by atoms with Crippen molar-refractivity contribution in [1.29, 1.82) is 0 Å². The van der Waals surface area contributed by atoms with Crippen molar-refractivity contribution in [2.24, 2.45) is 5.92 Å². The predicted molar refractivity (Wildman–Crippen MR) is 99.7 cm³/mol. The third kappa shape index (κ3) is 3.57. The zero-order chi connectivity index (χ0) is 17.1. The number of benzene rings is 2. The van der Waals surface area contributed by atoms with E-state index >= 15 is 0 Å². The van der Waals surface area contributed by atoms with Gasteiger partial charge >= 0.3 is 0 Å². The fourth-order valence-electron chi connectivity index (χ4n) is 2.51. The largest absolute Gasteiger partial charge is 0.495 e. The first kappa shape index (κ1) is 16.5. The van der Waals surface area contributed by atoms with Gasteiger partial charge in [0.15, 0.2) is 0 Å². The zero-order valence-electron chi connectivity index (χ0n) is 14.0. The van der Waals surface area contributed by atoms with Crippen LogP contribution in [0.3, 0.4) is 0 Å². The molecule has 0 atom stereocenters. The maximum atomic E-state index is 12.1. The molecule has 2 aromatic carbocycles. The van der Waals surface area contributed by atoms with Gasteiger partial charge in [0, 0.05) is 12.0 Å². The smallest absolute Gasteiger partial charge is 0.224 e. The lowest BCUT2D eigenvalue weighted by Gasteiger charge is -2.12. The molecule has 0 saturated carbocycles. The van der Waals surface area contributed by atoms with Gasteiger partial charge in [0.25, 0.3) is 0 Å². The molecule has 4 nitrogen and oxygen atoms in total. The third-order valence-corrected chi connectivity index (χ3v) is 4.69. The van der Waals surface area contributed by atoms with Crippen molar-refractivity contribution in [3.63, 3.8) is 0 Å². The quantitative estimate of drug-likeness (QED) is 0.714. The van der Waals surface area contributed by atoms with Crippen molar-refractivity contribution in [2.75, 3.05) is 12.4 Å². The summed E-state index contributed by atoms with van der Waals surface area (Å²) < 4.78 is 6.52. The SMILES string of the molecule is COc1ccc(-c2nc3ccccc3s2)cc1NC(=O)CC(C)C. The van der Waals surface area contributed by atoms with Crippen LogP contribution in [0, 0.1) is 5.92 Å². The number of nitrogens with one attached hydrogen (secondary N) is 1. The Kier molecular flexibility index (Phi) is 4.81. The van der Waals surface area contributed by atoms with Crippen molar-refractivity contribution < 1.29 is 9.53 Å². The summed E-state index contributed by atoms with van der Waals surface area (Å²) in [4.78, 5) is 16.8. The Morgan fingerprint density at radius 1 is 1.25 bits per heavy atom. The molecule has 24 heavy (non-hydrogen) atoms. The first-order valence-corrected chi connectivity index (χ1v) is 8.72. The Balaban J connectivity index is 1.94. The summed E-state index contributed by atoms with van der Waals surface area (Å²) in [6.45, 7) is 4.04. The van der Waals surface area contributed by atoms with Gasteiger partial charge in [-0.2, -0.15) is 0 Å². The summed E-state index contributed by atoms with van der Waals surface area (Å²) in [5.74, 6) is 0.949. The summed E-state index contributed by atoms with van der Waals surface area (Å²) in [7, 11) is 1.60. The Hall–Kier alpha value is -2.40. The number of fused-ring (bicyclic) bond motifs is 1. The minimum absolute atomic E-state index is 0.00949. The predicted octanol–water partition coefficient (Wildman–Crippen LogP) is 4.96. The van der Waals surface area contributed by atoms with Crippen LogP contribution in [0.4, 0.5) is 5.69 Å². The highest BCUT2D eigenvalue weighted by atomic mass is 32.1. The molecule has 0 aliphatic heterocycles. The fourth-order valence-corrected chi connectivity index (χ4v) is 3.47. The molecule has 3 rings (SSSR count). The summed E-state index contributed by atoms with van der Waals surface area (Å²) in [6, 6.07) is 13.8. The van der Waals surface area contributed by atoms with Gasteiger partial charge in [0.05, 0.1) is 23.0 Å². The Bertz CT molecular complexity index is 838. The number of para-hydroxylation sites is 1. The van der Waals surface area contributed by atoms with Crippen LogP contribution >= 0.6 is 11.3 Å². The highest BCUT2D eigenvalue weighted by Gasteiger charge is 2.13.